The molecule has 0 atom stereocenters. The summed E-state index contributed by atoms with van der Waals surface area (Å²) in [7, 11) is 1.52. The Morgan fingerprint density at radius 1 is 1.32 bits per heavy atom. The smallest absolute Gasteiger partial charge is 0.275 e. The Balaban J connectivity index is 2.01. The fraction of sp³-hybridized carbons (Fsp3) is 0.294. The Labute approximate surface area is 156 Å². The molecule has 0 aliphatic rings. The topological polar surface area (TPSA) is 73.6 Å². The molecule has 0 amide bonds. The van der Waals surface area contributed by atoms with Crippen LogP contribution in [-0.4, -0.2) is 34.0 Å². The van der Waals surface area contributed by atoms with E-state index >= 15 is 0 Å². The van der Waals surface area contributed by atoms with E-state index in [4.69, 9.17) is 9.47 Å². The predicted octanol–water partition coefficient (Wildman–Crippen LogP) is 3.37. The Kier molecular flexibility index (Phi) is 4.86. The molecule has 2 aromatic heterocycles. The molecule has 2 heterocycles. The van der Waals surface area contributed by atoms with Crippen LogP contribution < -0.4 is 15.0 Å². The number of hydrogen-bond donors (Lipinski definition) is 1. The zero-order valence-electron chi connectivity index (χ0n) is 13.9. The van der Waals surface area contributed by atoms with Crippen molar-refractivity contribution in [2.75, 3.05) is 13.7 Å². The second-order valence-corrected chi connectivity index (χ2v) is 8.55. The van der Waals surface area contributed by atoms with Crippen LogP contribution in [0.2, 0.25) is 0 Å². The molecule has 1 aromatic carbocycles. The molecular formula is C17H17BrN2O4S. The minimum atomic E-state index is -0.956. The molecule has 0 saturated heterocycles. The molecule has 25 heavy (non-hydrogen) atoms. The summed E-state index contributed by atoms with van der Waals surface area (Å²) in [4.78, 5) is 17.0. The molecule has 132 valence electrons. The number of methoxy groups -OCH3 is 1. The van der Waals surface area contributed by atoms with E-state index in [-0.39, 0.29) is 12.2 Å². The summed E-state index contributed by atoms with van der Waals surface area (Å²) in [5.74, 6) is 0.968. The highest BCUT2D eigenvalue weighted by molar-refractivity contribution is 9.11. The molecule has 0 fully saturated rings. The third kappa shape index (κ3) is 3.86. The number of hydrogen-bond acceptors (Lipinski definition) is 6. The maximum Gasteiger partial charge on any atom is 0.275 e. The van der Waals surface area contributed by atoms with Crippen LogP contribution in [0, 0.1) is 0 Å². The zero-order chi connectivity index (χ0) is 18.2. The Morgan fingerprint density at radius 2 is 2.08 bits per heavy atom. The van der Waals surface area contributed by atoms with Crippen LogP contribution in [0.25, 0.3) is 15.9 Å². The number of aliphatic hydroxyl groups is 1. The number of halogens is 1. The lowest BCUT2D eigenvalue weighted by Gasteiger charge is -2.19. The van der Waals surface area contributed by atoms with Crippen LogP contribution >= 0.6 is 27.3 Å². The van der Waals surface area contributed by atoms with Gasteiger partial charge in [-0.1, -0.05) is 0 Å². The fourth-order valence-corrected chi connectivity index (χ4v) is 3.72. The van der Waals surface area contributed by atoms with Crippen molar-refractivity contribution in [1.82, 2.24) is 9.55 Å². The number of aromatic nitrogens is 2. The summed E-state index contributed by atoms with van der Waals surface area (Å²) in [6.07, 6.45) is 1.50. The van der Waals surface area contributed by atoms with Gasteiger partial charge < -0.3 is 14.6 Å². The fourth-order valence-electron chi connectivity index (χ4n) is 2.25. The van der Waals surface area contributed by atoms with Crippen molar-refractivity contribution < 1.29 is 14.6 Å². The summed E-state index contributed by atoms with van der Waals surface area (Å²) >= 11 is 4.73. The second kappa shape index (κ2) is 6.78. The third-order valence-corrected chi connectivity index (χ3v) is 5.03. The monoisotopic (exact) mass is 424 g/mol. The molecule has 0 aliphatic carbocycles. The molecule has 3 aromatic rings. The van der Waals surface area contributed by atoms with E-state index in [9.17, 15) is 9.90 Å². The second-order valence-electron chi connectivity index (χ2n) is 6.12. The van der Waals surface area contributed by atoms with Gasteiger partial charge in [0.05, 0.1) is 27.7 Å². The Bertz CT molecular complexity index is 975. The number of rotatable bonds is 5. The summed E-state index contributed by atoms with van der Waals surface area (Å²) in [6.45, 7) is 3.44. The quantitative estimate of drug-likeness (QED) is 0.679. The molecule has 8 heteroatoms. The van der Waals surface area contributed by atoms with Gasteiger partial charge in [-0.2, -0.15) is 0 Å². The molecule has 6 nitrogen and oxygen atoms in total. The van der Waals surface area contributed by atoms with E-state index in [1.54, 1.807) is 32.0 Å². The molecule has 0 aliphatic heterocycles. The number of nitrogens with zero attached hydrogens (tertiary/aromatic N) is 2. The summed E-state index contributed by atoms with van der Waals surface area (Å²) < 4.78 is 13.9. The highest BCUT2D eigenvalue weighted by Gasteiger charge is 2.16. The lowest BCUT2D eigenvalue weighted by atomic mass is 10.2. The molecule has 0 spiro atoms. The molecule has 3 rings (SSSR count). The molecule has 1 N–H and O–H groups in total. The number of thiophene rings is 1. The van der Waals surface area contributed by atoms with E-state index in [0.29, 0.717) is 27.4 Å². The van der Waals surface area contributed by atoms with Crippen LogP contribution in [0.3, 0.4) is 0 Å². The highest BCUT2D eigenvalue weighted by Crippen LogP contribution is 2.30. The normalized spacial score (nSPS) is 11.7. The lowest BCUT2D eigenvalue weighted by Crippen LogP contribution is -2.28. The van der Waals surface area contributed by atoms with Gasteiger partial charge in [0.1, 0.15) is 17.6 Å². The van der Waals surface area contributed by atoms with Gasteiger partial charge in [0.15, 0.2) is 11.5 Å². The van der Waals surface area contributed by atoms with Gasteiger partial charge in [-0.05, 0) is 48.0 Å². The van der Waals surface area contributed by atoms with Crippen molar-refractivity contribution in [2.45, 2.75) is 19.4 Å². The van der Waals surface area contributed by atoms with E-state index in [1.807, 2.05) is 6.07 Å². The predicted molar refractivity (Wildman–Crippen MR) is 101 cm³/mol. The van der Waals surface area contributed by atoms with Crippen LogP contribution in [0.5, 0.6) is 11.5 Å². The molecule has 0 unspecified atom stereocenters. The van der Waals surface area contributed by atoms with E-state index in [0.717, 1.165) is 3.79 Å². The maximum absolute atomic E-state index is 12.7. The van der Waals surface area contributed by atoms with Crippen molar-refractivity contribution in [3.05, 3.63) is 44.7 Å². The first-order valence-corrected chi connectivity index (χ1v) is 9.10. The van der Waals surface area contributed by atoms with E-state index in [1.165, 1.54) is 29.3 Å². The average molecular weight is 425 g/mol. The van der Waals surface area contributed by atoms with Crippen LogP contribution in [0.4, 0.5) is 0 Å². The first kappa shape index (κ1) is 17.9. The largest absolute Gasteiger partial charge is 0.493 e. The summed E-state index contributed by atoms with van der Waals surface area (Å²) in [5.41, 5.74) is 0.182. The number of ether oxygens (including phenoxy) is 2. The van der Waals surface area contributed by atoms with Gasteiger partial charge in [0.2, 0.25) is 0 Å². The van der Waals surface area contributed by atoms with Crippen LogP contribution in [0.1, 0.15) is 13.8 Å². The first-order valence-electron chi connectivity index (χ1n) is 7.49. The minimum Gasteiger partial charge on any atom is -0.493 e. The molecule has 0 radical (unpaired) electrons. The van der Waals surface area contributed by atoms with Gasteiger partial charge in [0.25, 0.3) is 5.56 Å². The number of benzene rings is 1. The van der Waals surface area contributed by atoms with Gasteiger partial charge in [0, 0.05) is 6.07 Å². The molecule has 0 bridgehead atoms. The Hall–Kier alpha value is -1.90. The van der Waals surface area contributed by atoms with Gasteiger partial charge >= 0.3 is 0 Å². The summed E-state index contributed by atoms with van der Waals surface area (Å²) in [5, 5.41) is 9.79. The van der Waals surface area contributed by atoms with Crippen molar-refractivity contribution in [3.63, 3.8) is 0 Å². The van der Waals surface area contributed by atoms with Crippen LogP contribution in [-0.2, 0) is 0 Å². The van der Waals surface area contributed by atoms with Crippen molar-refractivity contribution in [1.29, 1.82) is 0 Å². The molecule has 0 saturated carbocycles. The Morgan fingerprint density at radius 3 is 2.76 bits per heavy atom. The minimum absolute atomic E-state index is 0.124. The van der Waals surface area contributed by atoms with Crippen molar-refractivity contribution >= 4 is 37.5 Å². The zero-order valence-corrected chi connectivity index (χ0v) is 16.3. The lowest BCUT2D eigenvalue weighted by molar-refractivity contribution is 0.0276. The van der Waals surface area contributed by atoms with E-state index < -0.39 is 5.60 Å². The summed E-state index contributed by atoms with van der Waals surface area (Å²) in [6, 6.07) is 6.98. The van der Waals surface area contributed by atoms with E-state index in [2.05, 4.69) is 20.9 Å². The SMILES string of the molecule is COc1cc(-n2cnc3cc(Br)sc3c2=O)ccc1OCC(C)(C)O. The number of fused-ring (bicyclic) bond motifs is 1. The first-order chi connectivity index (χ1) is 11.8. The maximum atomic E-state index is 12.7. The average Bonchev–Trinajstić information content (AvgIpc) is 2.94. The van der Waals surface area contributed by atoms with Crippen molar-refractivity contribution in [3.8, 4) is 17.2 Å². The standard InChI is InChI=1S/C17H17BrN2O4S/c1-17(2,22)8-24-12-5-4-10(6-13(12)23-3)20-9-19-11-7-14(18)25-15(11)16(20)21/h4-7,9,22H,8H2,1-3H3. The highest BCUT2D eigenvalue weighted by atomic mass is 79.9. The van der Waals surface area contributed by atoms with Gasteiger partial charge in [-0.25, -0.2) is 4.98 Å². The van der Waals surface area contributed by atoms with Gasteiger partial charge in [-0.15, -0.1) is 11.3 Å². The van der Waals surface area contributed by atoms with Gasteiger partial charge in [-0.3, -0.25) is 9.36 Å². The molecular weight excluding hydrogens is 408 g/mol. The third-order valence-electron chi connectivity index (χ3n) is 3.41. The van der Waals surface area contributed by atoms with Crippen LogP contribution in [0.15, 0.2) is 39.2 Å². The van der Waals surface area contributed by atoms with Crippen molar-refractivity contribution in [2.24, 2.45) is 0 Å².